The zero-order valence-electron chi connectivity index (χ0n) is 17.4. The van der Waals surface area contributed by atoms with Crippen LogP contribution in [0.1, 0.15) is 37.8 Å². The molecule has 1 aromatic carbocycles. The van der Waals surface area contributed by atoms with Crippen LogP contribution in [0, 0.1) is 20.8 Å². The number of ether oxygens (including phenoxy) is 1. The minimum atomic E-state index is -0.433. The molecular weight excluding hydrogens is 396 g/mol. The maximum Gasteiger partial charge on any atom is 0.267 e. The van der Waals surface area contributed by atoms with E-state index >= 15 is 0 Å². The number of amides is 2. The summed E-state index contributed by atoms with van der Waals surface area (Å²) in [5.74, 6) is 0.0554. The number of aryl methyl sites for hydroxylation is 3. The van der Waals surface area contributed by atoms with Crippen molar-refractivity contribution < 1.29 is 14.3 Å². The van der Waals surface area contributed by atoms with Crippen LogP contribution >= 0.6 is 0 Å². The molecule has 1 aliphatic rings. The van der Waals surface area contributed by atoms with E-state index in [0.717, 1.165) is 16.3 Å². The predicted octanol–water partition coefficient (Wildman–Crippen LogP) is 2.94. The molecule has 9 nitrogen and oxygen atoms in total. The number of hydrogen-bond donors (Lipinski definition) is 0. The lowest BCUT2D eigenvalue weighted by atomic mass is 10.1. The van der Waals surface area contributed by atoms with Crippen LogP contribution < -0.4 is 9.64 Å². The van der Waals surface area contributed by atoms with Gasteiger partial charge in [0, 0.05) is 23.7 Å². The second kappa shape index (κ2) is 6.69. The Morgan fingerprint density at radius 1 is 0.968 bits per heavy atom. The van der Waals surface area contributed by atoms with E-state index in [0.29, 0.717) is 34.1 Å². The quantitative estimate of drug-likeness (QED) is 0.475. The number of pyridine rings is 1. The van der Waals surface area contributed by atoms with Crippen molar-refractivity contribution in [3.8, 4) is 11.7 Å². The molecule has 0 radical (unpaired) electrons. The first-order valence-corrected chi connectivity index (χ1v) is 9.63. The molecule has 4 heterocycles. The zero-order valence-corrected chi connectivity index (χ0v) is 17.4. The molecule has 0 aliphatic carbocycles. The average molecular weight is 414 g/mol. The van der Waals surface area contributed by atoms with Gasteiger partial charge in [0.25, 0.3) is 17.8 Å². The van der Waals surface area contributed by atoms with Crippen LogP contribution in [0.2, 0.25) is 0 Å². The number of fused-ring (bicyclic) bond motifs is 3. The molecule has 1 aliphatic heterocycles. The third kappa shape index (κ3) is 2.77. The molecule has 2 amide bonds. The van der Waals surface area contributed by atoms with Gasteiger partial charge in [-0.15, -0.1) is 0 Å². The van der Waals surface area contributed by atoms with Crippen molar-refractivity contribution in [3.63, 3.8) is 0 Å². The van der Waals surface area contributed by atoms with E-state index in [1.807, 2.05) is 19.9 Å². The maximum atomic E-state index is 13.4. The van der Waals surface area contributed by atoms with E-state index in [1.54, 1.807) is 31.2 Å². The predicted molar refractivity (Wildman–Crippen MR) is 113 cm³/mol. The molecule has 0 spiro atoms. The van der Waals surface area contributed by atoms with Gasteiger partial charge < -0.3 is 4.74 Å². The van der Waals surface area contributed by atoms with Crippen LogP contribution in [0.3, 0.4) is 0 Å². The molecule has 4 aromatic rings. The van der Waals surface area contributed by atoms with Gasteiger partial charge in [-0.1, -0.05) is 6.07 Å². The van der Waals surface area contributed by atoms with Crippen molar-refractivity contribution in [1.29, 1.82) is 0 Å². The van der Waals surface area contributed by atoms with Crippen molar-refractivity contribution in [2.45, 2.75) is 20.8 Å². The summed E-state index contributed by atoms with van der Waals surface area (Å²) in [5, 5.41) is 5.05. The van der Waals surface area contributed by atoms with Gasteiger partial charge in [0.1, 0.15) is 5.75 Å². The fourth-order valence-corrected chi connectivity index (χ4v) is 3.89. The van der Waals surface area contributed by atoms with Crippen LogP contribution in [0.15, 0.2) is 36.5 Å². The minimum Gasteiger partial charge on any atom is -0.497 e. The van der Waals surface area contributed by atoms with Crippen molar-refractivity contribution in [2.24, 2.45) is 0 Å². The van der Waals surface area contributed by atoms with Gasteiger partial charge in [0.15, 0.2) is 5.65 Å². The first kappa shape index (κ1) is 18.9. The van der Waals surface area contributed by atoms with Gasteiger partial charge in [-0.2, -0.15) is 9.78 Å². The monoisotopic (exact) mass is 414 g/mol. The summed E-state index contributed by atoms with van der Waals surface area (Å²) in [6.45, 7) is 5.52. The molecule has 0 unspecified atom stereocenters. The van der Waals surface area contributed by atoms with Crippen LogP contribution in [0.25, 0.3) is 17.0 Å². The van der Waals surface area contributed by atoms with Crippen molar-refractivity contribution in [1.82, 2.24) is 24.7 Å². The molecular formula is C22H18N6O3. The minimum absolute atomic E-state index is 0.240. The van der Waals surface area contributed by atoms with E-state index < -0.39 is 11.8 Å². The Kier molecular flexibility index (Phi) is 4.07. The zero-order chi connectivity index (χ0) is 21.9. The first-order chi connectivity index (χ1) is 14.9. The Morgan fingerprint density at radius 2 is 1.71 bits per heavy atom. The molecule has 3 aromatic heterocycles. The van der Waals surface area contributed by atoms with Crippen molar-refractivity contribution in [2.75, 3.05) is 12.0 Å². The highest BCUT2D eigenvalue weighted by Gasteiger charge is 2.40. The van der Waals surface area contributed by atoms with E-state index in [-0.39, 0.29) is 11.1 Å². The van der Waals surface area contributed by atoms with Crippen molar-refractivity contribution in [3.05, 3.63) is 64.7 Å². The lowest BCUT2D eigenvalue weighted by molar-refractivity contribution is 0.0926. The van der Waals surface area contributed by atoms with E-state index in [9.17, 15) is 9.59 Å². The molecule has 9 heteroatoms. The second-order valence-electron chi connectivity index (χ2n) is 7.34. The third-order valence-corrected chi connectivity index (χ3v) is 5.19. The summed E-state index contributed by atoms with van der Waals surface area (Å²) in [5.41, 5.74) is 3.53. The van der Waals surface area contributed by atoms with E-state index in [4.69, 9.17) is 4.74 Å². The molecule has 0 bridgehead atoms. The number of rotatable bonds is 3. The summed E-state index contributed by atoms with van der Waals surface area (Å²) in [7, 11) is 1.53. The van der Waals surface area contributed by atoms with Crippen molar-refractivity contribution >= 4 is 28.5 Å². The highest BCUT2D eigenvalue weighted by Crippen LogP contribution is 2.35. The SMILES string of the molecule is COc1cccc(N2C(=O)c3cnc4c(c(C)nn4-c4nc(C)cc(C)n4)c3C2=O)c1. The average Bonchev–Trinajstić information content (AvgIpc) is 3.21. The highest BCUT2D eigenvalue weighted by molar-refractivity contribution is 6.37. The number of anilines is 1. The number of hydrogen-bond acceptors (Lipinski definition) is 7. The Labute approximate surface area is 177 Å². The standard InChI is InChI=1S/C22H18N6O3/c1-11-8-12(2)25-22(24-11)28-19-17(13(3)26-28)18-16(10-23-19)20(29)27(21(18)30)14-6-5-7-15(9-14)31-4/h5-10H,1-4H3. The fraction of sp³-hybridized carbons (Fsp3) is 0.182. The molecule has 0 atom stereocenters. The van der Waals surface area contributed by atoms with E-state index in [1.165, 1.54) is 18.0 Å². The van der Waals surface area contributed by atoms with Gasteiger partial charge in [0.2, 0.25) is 0 Å². The van der Waals surface area contributed by atoms with Crippen LogP contribution in [0.5, 0.6) is 5.75 Å². The number of carbonyl (C=O) groups excluding carboxylic acids is 2. The van der Waals surface area contributed by atoms with Crippen LogP contribution in [-0.4, -0.2) is 43.7 Å². The smallest absolute Gasteiger partial charge is 0.267 e. The number of nitrogens with zero attached hydrogens (tertiary/aromatic N) is 6. The molecule has 0 saturated carbocycles. The summed E-state index contributed by atoms with van der Waals surface area (Å²) >= 11 is 0. The summed E-state index contributed by atoms with van der Waals surface area (Å²) in [4.78, 5) is 41.0. The largest absolute Gasteiger partial charge is 0.497 e. The number of methoxy groups -OCH3 is 1. The Bertz CT molecular complexity index is 1390. The molecule has 0 N–H and O–H groups in total. The number of aromatic nitrogens is 5. The second-order valence-corrected chi connectivity index (χ2v) is 7.34. The van der Waals surface area contributed by atoms with Crippen LogP contribution in [0.4, 0.5) is 5.69 Å². The highest BCUT2D eigenvalue weighted by atomic mass is 16.5. The fourth-order valence-electron chi connectivity index (χ4n) is 3.89. The van der Waals surface area contributed by atoms with Crippen LogP contribution in [-0.2, 0) is 0 Å². The molecule has 0 fully saturated rings. The molecule has 0 saturated heterocycles. The van der Waals surface area contributed by atoms with Gasteiger partial charge in [-0.25, -0.2) is 19.9 Å². The molecule has 5 rings (SSSR count). The number of carbonyl (C=O) groups is 2. The summed E-state index contributed by atoms with van der Waals surface area (Å²) < 4.78 is 6.74. The van der Waals surface area contributed by atoms with Gasteiger partial charge >= 0.3 is 0 Å². The van der Waals surface area contributed by atoms with Gasteiger partial charge in [0.05, 0.1) is 35.0 Å². The summed E-state index contributed by atoms with van der Waals surface area (Å²) in [6, 6.07) is 8.67. The third-order valence-electron chi connectivity index (χ3n) is 5.19. The number of benzene rings is 1. The molecule has 31 heavy (non-hydrogen) atoms. The lowest BCUT2D eigenvalue weighted by Gasteiger charge is -2.14. The Hall–Kier alpha value is -4.14. The lowest BCUT2D eigenvalue weighted by Crippen LogP contribution is -2.29. The van der Waals surface area contributed by atoms with Gasteiger partial charge in [-0.3, -0.25) is 9.59 Å². The summed E-state index contributed by atoms with van der Waals surface area (Å²) in [6.07, 6.45) is 1.42. The normalized spacial score (nSPS) is 13.2. The number of imide groups is 1. The van der Waals surface area contributed by atoms with Gasteiger partial charge in [-0.05, 0) is 39.0 Å². The maximum absolute atomic E-state index is 13.4. The topological polar surface area (TPSA) is 103 Å². The first-order valence-electron chi connectivity index (χ1n) is 9.63. The Balaban J connectivity index is 1.70. The Morgan fingerprint density at radius 3 is 2.42 bits per heavy atom. The van der Waals surface area contributed by atoms with E-state index in [2.05, 4.69) is 20.1 Å². The molecule has 154 valence electrons.